The van der Waals surface area contributed by atoms with Gasteiger partial charge in [0.15, 0.2) is 0 Å². The molecule has 0 atom stereocenters. The van der Waals surface area contributed by atoms with E-state index in [-0.39, 0.29) is 10.5 Å². The van der Waals surface area contributed by atoms with Crippen molar-refractivity contribution in [1.29, 1.82) is 0 Å². The molecule has 0 aliphatic heterocycles. The molecule has 0 N–H and O–H groups in total. The van der Waals surface area contributed by atoms with Gasteiger partial charge < -0.3 is 0 Å². The van der Waals surface area contributed by atoms with E-state index in [9.17, 15) is 13.2 Å². The maximum atomic E-state index is 13.4. The maximum absolute atomic E-state index is 13.4. The van der Waals surface area contributed by atoms with Gasteiger partial charge in [0.1, 0.15) is 0 Å². The average molecular weight is 434 g/mol. The van der Waals surface area contributed by atoms with Gasteiger partial charge in [-0.05, 0) is 79.6 Å². The van der Waals surface area contributed by atoms with Crippen LogP contribution in [0.4, 0.5) is 5.69 Å². The number of sulfonamides is 1. The molecule has 0 aliphatic rings. The van der Waals surface area contributed by atoms with Gasteiger partial charge in [0.2, 0.25) is 0 Å². The first-order chi connectivity index (χ1) is 13.2. The topological polar surface area (TPSA) is 54.5 Å². The molecular weight excluding hydrogens is 417 g/mol. The lowest BCUT2D eigenvalue weighted by molar-refractivity contribution is 0.100. The van der Waals surface area contributed by atoms with E-state index in [1.54, 1.807) is 31.2 Å². The third-order valence-corrected chi connectivity index (χ3v) is 6.43. The number of benzene rings is 3. The number of carbonyl (C=O) groups excluding carboxylic acids is 1. The van der Waals surface area contributed by atoms with Crippen LogP contribution in [0.2, 0.25) is 10.0 Å². The number of rotatable bonds is 4. The second kappa shape index (κ2) is 7.95. The van der Waals surface area contributed by atoms with Crippen LogP contribution in [-0.2, 0) is 10.0 Å². The largest absolute Gasteiger partial charge is 0.272 e. The van der Waals surface area contributed by atoms with Crippen molar-refractivity contribution in [2.24, 2.45) is 0 Å². The van der Waals surface area contributed by atoms with Crippen molar-refractivity contribution in [3.63, 3.8) is 0 Å². The number of amides is 1. The SMILES string of the molecule is Cc1ccc(C)c(N(C(=O)c2ccc(Cl)cc2)S(=O)(=O)c2ccc(Cl)cc2)c1. The summed E-state index contributed by atoms with van der Waals surface area (Å²) in [7, 11) is -4.18. The molecule has 0 heterocycles. The first-order valence-electron chi connectivity index (χ1n) is 8.38. The van der Waals surface area contributed by atoms with Crippen molar-refractivity contribution in [1.82, 2.24) is 0 Å². The van der Waals surface area contributed by atoms with Gasteiger partial charge in [0, 0.05) is 15.6 Å². The fourth-order valence-corrected chi connectivity index (χ4v) is 4.43. The van der Waals surface area contributed by atoms with Gasteiger partial charge in [-0.3, -0.25) is 4.79 Å². The second-order valence-corrected chi connectivity index (χ2v) is 8.98. The fraction of sp³-hybridized carbons (Fsp3) is 0.0952. The van der Waals surface area contributed by atoms with E-state index in [0.717, 1.165) is 9.87 Å². The van der Waals surface area contributed by atoms with E-state index < -0.39 is 15.9 Å². The zero-order valence-corrected chi connectivity index (χ0v) is 17.5. The van der Waals surface area contributed by atoms with Crippen LogP contribution < -0.4 is 4.31 Å². The average Bonchev–Trinajstić information content (AvgIpc) is 2.65. The van der Waals surface area contributed by atoms with Crippen LogP contribution in [0.15, 0.2) is 71.6 Å². The second-order valence-electron chi connectivity index (χ2n) is 6.33. The van der Waals surface area contributed by atoms with Gasteiger partial charge in [-0.25, -0.2) is 8.42 Å². The molecule has 0 saturated heterocycles. The summed E-state index contributed by atoms with van der Waals surface area (Å²) < 4.78 is 27.7. The molecule has 0 spiro atoms. The summed E-state index contributed by atoms with van der Waals surface area (Å²) in [6.07, 6.45) is 0. The van der Waals surface area contributed by atoms with Crippen LogP contribution >= 0.6 is 23.2 Å². The number of hydrogen-bond donors (Lipinski definition) is 0. The van der Waals surface area contributed by atoms with Crippen molar-refractivity contribution in [3.05, 3.63) is 93.5 Å². The third-order valence-electron chi connectivity index (χ3n) is 4.21. The van der Waals surface area contributed by atoms with Crippen molar-refractivity contribution in [2.75, 3.05) is 4.31 Å². The molecule has 3 aromatic rings. The summed E-state index contributed by atoms with van der Waals surface area (Å²) in [6.45, 7) is 3.59. The van der Waals surface area contributed by atoms with E-state index in [0.29, 0.717) is 21.3 Å². The molecule has 3 rings (SSSR count). The number of aryl methyl sites for hydroxylation is 2. The van der Waals surface area contributed by atoms with Crippen molar-refractivity contribution in [3.8, 4) is 0 Å². The lowest BCUT2D eigenvalue weighted by Gasteiger charge is -2.25. The summed E-state index contributed by atoms with van der Waals surface area (Å²) in [5.74, 6) is -0.666. The zero-order chi connectivity index (χ0) is 20.5. The molecule has 7 heteroatoms. The monoisotopic (exact) mass is 433 g/mol. The molecule has 28 heavy (non-hydrogen) atoms. The molecule has 4 nitrogen and oxygen atoms in total. The Bertz CT molecular complexity index is 1130. The fourth-order valence-electron chi connectivity index (χ4n) is 2.71. The number of nitrogens with zero attached hydrogens (tertiary/aromatic N) is 1. The molecule has 1 amide bonds. The molecule has 0 aromatic heterocycles. The van der Waals surface area contributed by atoms with Gasteiger partial charge in [0.05, 0.1) is 10.6 Å². The highest BCUT2D eigenvalue weighted by molar-refractivity contribution is 7.93. The van der Waals surface area contributed by atoms with Crippen LogP contribution in [0.1, 0.15) is 21.5 Å². The van der Waals surface area contributed by atoms with E-state index in [4.69, 9.17) is 23.2 Å². The number of anilines is 1. The highest BCUT2D eigenvalue weighted by atomic mass is 35.5. The van der Waals surface area contributed by atoms with Gasteiger partial charge in [-0.15, -0.1) is 0 Å². The Balaban J connectivity index is 2.22. The van der Waals surface area contributed by atoms with Crippen molar-refractivity contribution in [2.45, 2.75) is 18.7 Å². The van der Waals surface area contributed by atoms with Gasteiger partial charge in [-0.2, -0.15) is 4.31 Å². The first-order valence-corrected chi connectivity index (χ1v) is 10.6. The molecule has 0 radical (unpaired) electrons. The summed E-state index contributed by atoms with van der Waals surface area (Å²) in [6, 6.07) is 17.1. The molecule has 3 aromatic carbocycles. The van der Waals surface area contributed by atoms with Gasteiger partial charge in [0.25, 0.3) is 15.9 Å². The first kappa shape index (κ1) is 20.4. The van der Waals surface area contributed by atoms with E-state index >= 15 is 0 Å². The number of hydrogen-bond acceptors (Lipinski definition) is 3. The summed E-state index contributed by atoms with van der Waals surface area (Å²) >= 11 is 11.8. The van der Waals surface area contributed by atoms with Crippen LogP contribution in [0.25, 0.3) is 0 Å². The van der Waals surface area contributed by atoms with Crippen molar-refractivity contribution < 1.29 is 13.2 Å². The molecule has 0 unspecified atom stereocenters. The third kappa shape index (κ3) is 4.07. The summed E-state index contributed by atoms with van der Waals surface area (Å²) in [5.41, 5.74) is 2.00. The van der Waals surface area contributed by atoms with Crippen LogP contribution in [0, 0.1) is 13.8 Å². The Labute approximate surface area is 174 Å². The van der Waals surface area contributed by atoms with Gasteiger partial charge in [-0.1, -0.05) is 35.3 Å². The quantitative estimate of drug-likeness (QED) is 0.534. The summed E-state index contributed by atoms with van der Waals surface area (Å²) in [4.78, 5) is 13.3. The van der Waals surface area contributed by atoms with Crippen LogP contribution in [0.5, 0.6) is 0 Å². The minimum atomic E-state index is -4.18. The standard InChI is InChI=1S/C21H17Cl2NO3S/c1-14-3-4-15(2)20(13-14)24(21(25)16-5-7-17(22)8-6-16)28(26,27)19-11-9-18(23)10-12-19/h3-13H,1-2H3. The Kier molecular flexibility index (Phi) is 5.79. The smallest absolute Gasteiger partial charge is 0.268 e. The van der Waals surface area contributed by atoms with Crippen molar-refractivity contribution >= 4 is 44.8 Å². The Morgan fingerprint density at radius 3 is 1.93 bits per heavy atom. The predicted molar refractivity (Wildman–Crippen MR) is 113 cm³/mol. The molecular formula is C21H17Cl2NO3S. The highest BCUT2D eigenvalue weighted by Gasteiger charge is 2.33. The maximum Gasteiger partial charge on any atom is 0.272 e. The number of carbonyl (C=O) groups is 1. The molecule has 144 valence electrons. The highest BCUT2D eigenvalue weighted by Crippen LogP contribution is 2.30. The molecule has 0 bridgehead atoms. The van der Waals surface area contributed by atoms with Gasteiger partial charge >= 0.3 is 0 Å². The van der Waals surface area contributed by atoms with Crippen LogP contribution in [0.3, 0.4) is 0 Å². The normalized spacial score (nSPS) is 11.3. The lowest BCUT2D eigenvalue weighted by atomic mass is 10.1. The summed E-state index contributed by atoms with van der Waals surface area (Å²) in [5, 5.41) is 0.858. The molecule has 0 fully saturated rings. The minimum absolute atomic E-state index is 0.0277. The van der Waals surface area contributed by atoms with E-state index in [2.05, 4.69) is 0 Å². The Hall–Kier alpha value is -2.34. The Morgan fingerprint density at radius 1 is 0.821 bits per heavy atom. The molecule has 0 aliphatic carbocycles. The minimum Gasteiger partial charge on any atom is -0.268 e. The Morgan fingerprint density at radius 2 is 1.36 bits per heavy atom. The van der Waals surface area contributed by atoms with E-state index in [1.165, 1.54) is 36.4 Å². The van der Waals surface area contributed by atoms with Crippen LogP contribution in [-0.4, -0.2) is 14.3 Å². The lowest BCUT2D eigenvalue weighted by Crippen LogP contribution is -2.37. The van der Waals surface area contributed by atoms with E-state index in [1.807, 2.05) is 13.0 Å². The zero-order valence-electron chi connectivity index (χ0n) is 15.2. The molecule has 0 saturated carbocycles. The number of halogens is 2. The predicted octanol–water partition coefficient (Wildman–Crippen LogP) is 5.65.